The Labute approximate surface area is 162 Å². The van der Waals surface area contributed by atoms with E-state index in [1.807, 2.05) is 27.0 Å². The zero-order valence-corrected chi connectivity index (χ0v) is 16.7. The summed E-state index contributed by atoms with van der Waals surface area (Å²) in [6.45, 7) is 4.97. The predicted octanol–water partition coefficient (Wildman–Crippen LogP) is 1.86. The number of nitrogens with one attached hydrogen (secondary N) is 1. The van der Waals surface area contributed by atoms with E-state index in [1.165, 1.54) is 11.8 Å². The molecule has 1 heterocycles. The maximum absolute atomic E-state index is 12.7. The standard InChI is InChI=1S/C19H24N2O5S/c1-19(2,3)20-15(22)11-26-18(25)14(9-10-27-4)21-16(23)12-7-5-6-8-13(12)17(21)24/h5-8,14H,9-11H2,1-4H3,(H,20,22)/t14-/m1/s1. The molecule has 0 aliphatic carbocycles. The van der Waals surface area contributed by atoms with Crippen molar-refractivity contribution in [3.8, 4) is 0 Å². The summed E-state index contributed by atoms with van der Waals surface area (Å²) < 4.78 is 5.11. The van der Waals surface area contributed by atoms with Gasteiger partial charge in [0.05, 0.1) is 11.1 Å². The molecule has 0 aromatic heterocycles. The van der Waals surface area contributed by atoms with E-state index in [-0.39, 0.29) is 17.5 Å². The molecule has 0 saturated heterocycles. The lowest BCUT2D eigenvalue weighted by molar-refractivity contribution is -0.152. The molecule has 0 unspecified atom stereocenters. The van der Waals surface area contributed by atoms with Crippen molar-refractivity contribution in [3.05, 3.63) is 35.4 Å². The second kappa shape index (κ2) is 8.56. The monoisotopic (exact) mass is 392 g/mol. The van der Waals surface area contributed by atoms with Gasteiger partial charge in [-0.1, -0.05) is 12.1 Å². The van der Waals surface area contributed by atoms with Crippen LogP contribution < -0.4 is 5.32 Å². The molecule has 7 nitrogen and oxygen atoms in total. The number of thioether (sulfide) groups is 1. The fraction of sp³-hybridized carbons (Fsp3) is 0.474. The Hall–Kier alpha value is -2.35. The molecule has 1 aliphatic rings. The number of carbonyl (C=O) groups is 4. The largest absolute Gasteiger partial charge is 0.454 e. The van der Waals surface area contributed by atoms with Crippen LogP contribution in [0.3, 0.4) is 0 Å². The van der Waals surface area contributed by atoms with Crippen LogP contribution in [0.4, 0.5) is 0 Å². The van der Waals surface area contributed by atoms with E-state index in [2.05, 4.69) is 5.32 Å². The van der Waals surface area contributed by atoms with Crippen LogP contribution in [0.1, 0.15) is 47.9 Å². The summed E-state index contributed by atoms with van der Waals surface area (Å²) >= 11 is 1.49. The summed E-state index contributed by atoms with van der Waals surface area (Å²) in [7, 11) is 0. The number of benzene rings is 1. The Kier molecular flexibility index (Phi) is 6.64. The summed E-state index contributed by atoms with van der Waals surface area (Å²) in [5, 5.41) is 2.69. The SMILES string of the molecule is CSCC[C@H](C(=O)OCC(=O)NC(C)(C)C)N1C(=O)c2ccccc2C1=O. The Morgan fingerprint density at radius 3 is 2.19 bits per heavy atom. The van der Waals surface area contributed by atoms with Gasteiger partial charge in [-0.15, -0.1) is 0 Å². The third kappa shape index (κ3) is 5.09. The second-order valence-electron chi connectivity index (χ2n) is 7.23. The molecular formula is C19H24N2O5S. The topological polar surface area (TPSA) is 92.8 Å². The fourth-order valence-electron chi connectivity index (χ4n) is 2.76. The Balaban J connectivity index is 2.13. The van der Waals surface area contributed by atoms with E-state index in [0.29, 0.717) is 5.75 Å². The van der Waals surface area contributed by atoms with Crippen molar-refractivity contribution >= 4 is 35.5 Å². The molecule has 8 heteroatoms. The molecular weight excluding hydrogens is 368 g/mol. The minimum absolute atomic E-state index is 0.256. The number of hydrogen-bond acceptors (Lipinski definition) is 6. The van der Waals surface area contributed by atoms with Crippen molar-refractivity contribution in [3.63, 3.8) is 0 Å². The summed E-state index contributed by atoms with van der Waals surface area (Å²) in [6.07, 6.45) is 2.12. The zero-order chi connectivity index (χ0) is 20.2. The van der Waals surface area contributed by atoms with Gasteiger partial charge in [0.25, 0.3) is 17.7 Å². The molecule has 2 rings (SSSR count). The first kappa shape index (κ1) is 21.0. The minimum Gasteiger partial charge on any atom is -0.454 e. The Bertz CT molecular complexity index is 722. The molecule has 0 radical (unpaired) electrons. The molecule has 146 valence electrons. The number of rotatable bonds is 7. The number of amides is 3. The van der Waals surface area contributed by atoms with Crippen LogP contribution in [0.5, 0.6) is 0 Å². The lowest BCUT2D eigenvalue weighted by Crippen LogP contribution is -2.47. The Morgan fingerprint density at radius 1 is 1.15 bits per heavy atom. The van der Waals surface area contributed by atoms with Crippen LogP contribution in [-0.4, -0.2) is 58.8 Å². The van der Waals surface area contributed by atoms with Crippen LogP contribution >= 0.6 is 11.8 Å². The highest BCUT2D eigenvalue weighted by molar-refractivity contribution is 7.98. The molecule has 0 spiro atoms. The highest BCUT2D eigenvalue weighted by atomic mass is 32.2. The molecule has 1 atom stereocenters. The summed E-state index contributed by atoms with van der Waals surface area (Å²) in [5.74, 6) is -1.68. The number of ether oxygens (including phenoxy) is 1. The molecule has 1 aliphatic heterocycles. The van der Waals surface area contributed by atoms with Crippen LogP contribution in [0.25, 0.3) is 0 Å². The van der Waals surface area contributed by atoms with Gasteiger partial charge in [-0.3, -0.25) is 19.3 Å². The molecule has 0 fully saturated rings. The van der Waals surface area contributed by atoms with Gasteiger partial charge in [-0.25, -0.2) is 4.79 Å². The van der Waals surface area contributed by atoms with E-state index < -0.39 is 41.9 Å². The normalized spacial score (nSPS) is 14.7. The number of esters is 1. The first-order valence-electron chi connectivity index (χ1n) is 8.59. The number of hydrogen-bond donors (Lipinski definition) is 1. The first-order chi connectivity index (χ1) is 12.7. The first-order valence-corrected chi connectivity index (χ1v) is 9.98. The Morgan fingerprint density at radius 2 is 1.70 bits per heavy atom. The third-order valence-electron chi connectivity index (χ3n) is 3.86. The van der Waals surface area contributed by atoms with Gasteiger partial charge in [0, 0.05) is 5.54 Å². The van der Waals surface area contributed by atoms with Crippen molar-refractivity contribution in [2.24, 2.45) is 0 Å². The number of carbonyl (C=O) groups excluding carboxylic acids is 4. The van der Waals surface area contributed by atoms with Gasteiger partial charge in [0.1, 0.15) is 6.04 Å². The van der Waals surface area contributed by atoms with Crippen LogP contribution in [0.2, 0.25) is 0 Å². The molecule has 3 amide bonds. The van der Waals surface area contributed by atoms with E-state index >= 15 is 0 Å². The van der Waals surface area contributed by atoms with Crippen molar-refractivity contribution in [1.82, 2.24) is 10.2 Å². The minimum atomic E-state index is -1.06. The van der Waals surface area contributed by atoms with Crippen molar-refractivity contribution in [2.75, 3.05) is 18.6 Å². The predicted molar refractivity (Wildman–Crippen MR) is 103 cm³/mol. The molecule has 0 saturated carbocycles. The van der Waals surface area contributed by atoms with Crippen molar-refractivity contribution in [2.45, 2.75) is 38.8 Å². The third-order valence-corrected chi connectivity index (χ3v) is 4.51. The van der Waals surface area contributed by atoms with Crippen LogP contribution in [0, 0.1) is 0 Å². The molecule has 1 N–H and O–H groups in total. The fourth-order valence-corrected chi connectivity index (χ4v) is 3.22. The van der Waals surface area contributed by atoms with E-state index in [1.54, 1.807) is 24.3 Å². The average molecular weight is 392 g/mol. The van der Waals surface area contributed by atoms with Gasteiger partial charge < -0.3 is 10.1 Å². The van der Waals surface area contributed by atoms with Gasteiger partial charge in [0.15, 0.2) is 6.61 Å². The van der Waals surface area contributed by atoms with Crippen molar-refractivity contribution < 1.29 is 23.9 Å². The molecule has 27 heavy (non-hydrogen) atoms. The van der Waals surface area contributed by atoms with Crippen molar-refractivity contribution in [1.29, 1.82) is 0 Å². The summed E-state index contributed by atoms with van der Waals surface area (Å²) in [6, 6.07) is 5.39. The van der Waals surface area contributed by atoms with E-state index in [9.17, 15) is 19.2 Å². The lowest BCUT2D eigenvalue weighted by atomic mass is 10.1. The van der Waals surface area contributed by atoms with Crippen LogP contribution in [-0.2, 0) is 14.3 Å². The average Bonchev–Trinajstić information content (AvgIpc) is 2.84. The summed E-state index contributed by atoms with van der Waals surface area (Å²) in [4.78, 5) is 50.7. The molecule has 0 bridgehead atoms. The zero-order valence-electron chi connectivity index (χ0n) is 15.9. The van der Waals surface area contributed by atoms with E-state index in [0.717, 1.165) is 4.90 Å². The van der Waals surface area contributed by atoms with Gasteiger partial charge in [-0.2, -0.15) is 11.8 Å². The smallest absolute Gasteiger partial charge is 0.329 e. The van der Waals surface area contributed by atoms with Gasteiger partial charge in [-0.05, 0) is 51.3 Å². The van der Waals surface area contributed by atoms with Crippen LogP contribution in [0.15, 0.2) is 24.3 Å². The maximum atomic E-state index is 12.7. The second-order valence-corrected chi connectivity index (χ2v) is 8.21. The quantitative estimate of drug-likeness (QED) is 0.562. The lowest BCUT2D eigenvalue weighted by Gasteiger charge is -2.25. The van der Waals surface area contributed by atoms with Gasteiger partial charge in [0.2, 0.25) is 0 Å². The number of fused-ring (bicyclic) bond motifs is 1. The highest BCUT2D eigenvalue weighted by Crippen LogP contribution is 2.26. The van der Waals surface area contributed by atoms with E-state index in [4.69, 9.17) is 4.74 Å². The number of nitrogens with zero attached hydrogens (tertiary/aromatic N) is 1. The molecule has 1 aromatic rings. The number of imide groups is 1. The highest BCUT2D eigenvalue weighted by Gasteiger charge is 2.43. The summed E-state index contributed by atoms with van der Waals surface area (Å²) in [5.41, 5.74) is 0.0921. The molecule has 1 aromatic carbocycles. The maximum Gasteiger partial charge on any atom is 0.329 e. The van der Waals surface area contributed by atoms with Gasteiger partial charge >= 0.3 is 5.97 Å².